The molecule has 2 rings (SSSR count). The molecule has 0 saturated heterocycles. The van der Waals surface area contributed by atoms with E-state index < -0.39 is 12.0 Å². The van der Waals surface area contributed by atoms with Gasteiger partial charge in [-0.3, -0.25) is 9.36 Å². The van der Waals surface area contributed by atoms with E-state index >= 15 is 0 Å². The molecule has 1 aromatic carbocycles. The first-order valence-electron chi connectivity index (χ1n) is 6.95. The van der Waals surface area contributed by atoms with Crippen molar-refractivity contribution < 1.29 is 13.6 Å². The van der Waals surface area contributed by atoms with E-state index in [1.54, 1.807) is 7.05 Å². The molecule has 22 heavy (non-hydrogen) atoms. The smallest absolute Gasteiger partial charge is 0.319 e. The molecule has 0 saturated carbocycles. The normalized spacial score (nSPS) is 11.7. The first-order valence-corrected chi connectivity index (χ1v) is 6.95. The molecule has 1 aromatic heterocycles. The molecule has 2 aromatic rings. The number of imidazole rings is 1. The Labute approximate surface area is 128 Å². The van der Waals surface area contributed by atoms with Gasteiger partial charge in [0.2, 0.25) is 5.91 Å². The van der Waals surface area contributed by atoms with Crippen molar-refractivity contribution in [1.82, 2.24) is 14.5 Å². The van der Waals surface area contributed by atoms with Gasteiger partial charge in [0.25, 0.3) is 0 Å². The first-order chi connectivity index (χ1) is 10.3. The number of carbonyl (C=O) groups is 1. The Balaban J connectivity index is 2.17. The second-order valence-corrected chi connectivity index (χ2v) is 5.68. The summed E-state index contributed by atoms with van der Waals surface area (Å²) in [6, 6.07) is 9.38. The van der Waals surface area contributed by atoms with Crippen molar-refractivity contribution in [2.75, 3.05) is 7.05 Å². The van der Waals surface area contributed by atoms with Crippen molar-refractivity contribution >= 4 is 5.91 Å². The van der Waals surface area contributed by atoms with Gasteiger partial charge in [-0.15, -0.1) is 0 Å². The Bertz CT molecular complexity index is 638. The number of aromatic nitrogens is 2. The summed E-state index contributed by atoms with van der Waals surface area (Å²) < 4.78 is 26.4. The van der Waals surface area contributed by atoms with Gasteiger partial charge in [0.1, 0.15) is 5.82 Å². The van der Waals surface area contributed by atoms with Crippen LogP contribution in [0.25, 0.3) is 0 Å². The summed E-state index contributed by atoms with van der Waals surface area (Å²) >= 11 is 0. The summed E-state index contributed by atoms with van der Waals surface area (Å²) in [5.74, 6) is 0.0113. The third-order valence-corrected chi connectivity index (χ3v) is 3.71. The van der Waals surface area contributed by atoms with Crippen LogP contribution in [0, 0.1) is 0 Å². The quantitative estimate of drug-likeness (QED) is 0.850. The van der Waals surface area contributed by atoms with Gasteiger partial charge in [0, 0.05) is 19.4 Å². The number of likely N-dealkylation sites (N-methyl/N-ethyl adjacent to an activating group) is 1. The van der Waals surface area contributed by atoms with E-state index in [0.717, 1.165) is 10.1 Å². The van der Waals surface area contributed by atoms with E-state index in [1.165, 1.54) is 17.3 Å². The maximum absolute atomic E-state index is 12.8. The van der Waals surface area contributed by atoms with Crippen molar-refractivity contribution in [2.24, 2.45) is 0 Å². The summed E-state index contributed by atoms with van der Waals surface area (Å²) in [5.41, 5.74) is 0.141. The van der Waals surface area contributed by atoms with Crippen LogP contribution in [0.5, 0.6) is 0 Å². The van der Waals surface area contributed by atoms with Crippen LogP contribution in [0.15, 0.2) is 42.7 Å². The molecule has 1 amide bonds. The van der Waals surface area contributed by atoms with E-state index in [0.29, 0.717) is 0 Å². The topological polar surface area (TPSA) is 38.1 Å². The predicted molar refractivity (Wildman–Crippen MR) is 79.4 cm³/mol. The zero-order chi connectivity index (χ0) is 16.3. The molecular weight excluding hydrogens is 288 g/mol. The highest BCUT2D eigenvalue weighted by atomic mass is 19.3. The average Bonchev–Trinajstić information content (AvgIpc) is 2.95. The standard InChI is InChI=1S/C16H19F2N3O/c1-16(2,12-7-5-4-6-8-12)14(22)20(3)11-13-19-9-10-21(13)15(17)18/h4-10,15H,11H2,1-3H3. The number of halogens is 2. The summed E-state index contributed by atoms with van der Waals surface area (Å²) in [6.07, 6.45) is 2.52. The van der Waals surface area contributed by atoms with Crippen LogP contribution in [0.4, 0.5) is 8.78 Å². The molecule has 0 bridgehead atoms. The Hall–Kier alpha value is -2.24. The molecule has 6 heteroatoms. The number of benzene rings is 1. The van der Waals surface area contributed by atoms with Crippen LogP contribution in [0.1, 0.15) is 31.8 Å². The Morgan fingerprint density at radius 1 is 1.32 bits per heavy atom. The summed E-state index contributed by atoms with van der Waals surface area (Å²) in [4.78, 5) is 18.0. The minimum Gasteiger partial charge on any atom is -0.338 e. The molecule has 0 spiro atoms. The fourth-order valence-corrected chi connectivity index (χ4v) is 2.38. The van der Waals surface area contributed by atoms with Gasteiger partial charge in [-0.05, 0) is 19.4 Å². The maximum Gasteiger partial charge on any atom is 0.319 e. The SMILES string of the molecule is CN(Cc1nccn1C(F)F)C(=O)C(C)(C)c1ccccc1. The number of hydrogen-bond donors (Lipinski definition) is 0. The van der Waals surface area contributed by atoms with Gasteiger partial charge < -0.3 is 4.90 Å². The monoisotopic (exact) mass is 307 g/mol. The molecule has 0 N–H and O–H groups in total. The molecule has 0 fully saturated rings. The van der Waals surface area contributed by atoms with Gasteiger partial charge in [0.05, 0.1) is 12.0 Å². The van der Waals surface area contributed by atoms with E-state index in [4.69, 9.17) is 0 Å². The zero-order valence-electron chi connectivity index (χ0n) is 12.8. The first kappa shape index (κ1) is 16.1. The highest BCUT2D eigenvalue weighted by molar-refractivity contribution is 5.87. The summed E-state index contributed by atoms with van der Waals surface area (Å²) in [6.45, 7) is 1.01. The van der Waals surface area contributed by atoms with Gasteiger partial charge in [0.15, 0.2) is 0 Å². The summed E-state index contributed by atoms with van der Waals surface area (Å²) in [5, 5.41) is 0. The fourth-order valence-electron chi connectivity index (χ4n) is 2.38. The molecule has 0 atom stereocenters. The van der Waals surface area contributed by atoms with E-state index in [-0.39, 0.29) is 18.3 Å². The van der Waals surface area contributed by atoms with E-state index in [2.05, 4.69) is 4.98 Å². The Morgan fingerprint density at radius 2 is 1.95 bits per heavy atom. The van der Waals surface area contributed by atoms with Crippen LogP contribution >= 0.6 is 0 Å². The molecule has 1 heterocycles. The molecule has 0 aliphatic heterocycles. The highest BCUT2D eigenvalue weighted by Crippen LogP contribution is 2.26. The van der Waals surface area contributed by atoms with Crippen molar-refractivity contribution in [2.45, 2.75) is 32.4 Å². The molecule has 0 aliphatic rings. The molecular formula is C16H19F2N3O. The Morgan fingerprint density at radius 3 is 2.55 bits per heavy atom. The maximum atomic E-state index is 12.8. The third kappa shape index (κ3) is 3.16. The molecule has 118 valence electrons. The van der Waals surface area contributed by atoms with Crippen molar-refractivity contribution in [3.63, 3.8) is 0 Å². The van der Waals surface area contributed by atoms with Crippen molar-refractivity contribution in [3.8, 4) is 0 Å². The fraction of sp³-hybridized carbons (Fsp3) is 0.375. The van der Waals surface area contributed by atoms with Crippen LogP contribution in [0.3, 0.4) is 0 Å². The minimum absolute atomic E-state index is 0.0342. The number of nitrogens with zero attached hydrogens (tertiary/aromatic N) is 3. The molecule has 4 nitrogen and oxygen atoms in total. The van der Waals surface area contributed by atoms with Crippen molar-refractivity contribution in [3.05, 3.63) is 54.1 Å². The molecule has 0 radical (unpaired) electrons. The lowest BCUT2D eigenvalue weighted by Crippen LogP contribution is -2.41. The molecule has 0 unspecified atom stereocenters. The van der Waals surface area contributed by atoms with E-state index in [9.17, 15) is 13.6 Å². The number of alkyl halides is 2. The average molecular weight is 307 g/mol. The minimum atomic E-state index is -2.66. The van der Waals surface area contributed by atoms with Gasteiger partial charge in [-0.1, -0.05) is 30.3 Å². The number of carbonyl (C=O) groups excluding carboxylic acids is 1. The number of hydrogen-bond acceptors (Lipinski definition) is 2. The summed E-state index contributed by atoms with van der Waals surface area (Å²) in [7, 11) is 1.59. The Kier molecular flexibility index (Phi) is 4.59. The highest BCUT2D eigenvalue weighted by Gasteiger charge is 2.32. The lowest BCUT2D eigenvalue weighted by molar-refractivity contribution is -0.135. The lowest BCUT2D eigenvalue weighted by atomic mass is 9.83. The lowest BCUT2D eigenvalue weighted by Gasteiger charge is -2.29. The second-order valence-electron chi connectivity index (χ2n) is 5.68. The number of rotatable bonds is 5. The number of amides is 1. The molecule has 0 aliphatic carbocycles. The van der Waals surface area contributed by atoms with Crippen molar-refractivity contribution in [1.29, 1.82) is 0 Å². The van der Waals surface area contributed by atoms with Gasteiger partial charge in [-0.25, -0.2) is 4.98 Å². The van der Waals surface area contributed by atoms with Crippen LogP contribution in [-0.4, -0.2) is 27.4 Å². The van der Waals surface area contributed by atoms with Crippen LogP contribution in [-0.2, 0) is 16.8 Å². The van der Waals surface area contributed by atoms with Crippen LogP contribution in [0.2, 0.25) is 0 Å². The second kappa shape index (κ2) is 6.25. The largest absolute Gasteiger partial charge is 0.338 e. The zero-order valence-corrected chi connectivity index (χ0v) is 12.8. The van der Waals surface area contributed by atoms with Gasteiger partial charge in [-0.2, -0.15) is 8.78 Å². The van der Waals surface area contributed by atoms with E-state index in [1.807, 2.05) is 44.2 Å². The van der Waals surface area contributed by atoms with Crippen LogP contribution < -0.4 is 0 Å². The predicted octanol–water partition coefficient (Wildman–Crippen LogP) is 3.21. The third-order valence-electron chi connectivity index (χ3n) is 3.71. The van der Waals surface area contributed by atoms with Gasteiger partial charge >= 0.3 is 6.55 Å².